The summed E-state index contributed by atoms with van der Waals surface area (Å²) in [5, 5.41) is 2.81. The Morgan fingerprint density at radius 3 is 2.33 bits per heavy atom. The van der Waals surface area contributed by atoms with Crippen LogP contribution >= 0.6 is 0 Å². The highest BCUT2D eigenvalue weighted by Crippen LogP contribution is 2.30. The molecule has 1 saturated carbocycles. The fourth-order valence-electron chi connectivity index (χ4n) is 3.53. The molecule has 1 aromatic rings. The monoisotopic (exact) mass is 396 g/mol. The Morgan fingerprint density at radius 1 is 1.15 bits per heavy atom. The molecule has 1 aliphatic rings. The van der Waals surface area contributed by atoms with E-state index in [1.165, 1.54) is 29.6 Å². The number of hydrogen-bond donors (Lipinski definition) is 1. The number of carbonyl (C=O) groups excluding carboxylic acids is 2. The van der Waals surface area contributed by atoms with Crippen molar-refractivity contribution in [3.05, 3.63) is 29.8 Å². The molecule has 150 valence electrons. The quantitative estimate of drug-likeness (QED) is 0.714. The molecule has 27 heavy (non-hydrogen) atoms. The number of ether oxygens (including phenoxy) is 1. The number of sulfonamides is 1. The van der Waals surface area contributed by atoms with Gasteiger partial charge < -0.3 is 10.1 Å². The van der Waals surface area contributed by atoms with E-state index < -0.39 is 27.4 Å². The second kappa shape index (κ2) is 8.84. The smallest absolute Gasteiger partial charge is 0.331 e. The molecule has 7 nitrogen and oxygen atoms in total. The van der Waals surface area contributed by atoms with Crippen LogP contribution in [0.2, 0.25) is 0 Å². The maximum absolute atomic E-state index is 12.8. The summed E-state index contributed by atoms with van der Waals surface area (Å²) >= 11 is 0. The predicted molar refractivity (Wildman–Crippen MR) is 102 cm³/mol. The molecule has 0 saturated heterocycles. The van der Waals surface area contributed by atoms with Gasteiger partial charge in [0.05, 0.1) is 12.0 Å². The lowest BCUT2D eigenvalue weighted by Gasteiger charge is -2.35. The van der Waals surface area contributed by atoms with Crippen molar-refractivity contribution in [3.8, 4) is 0 Å². The van der Waals surface area contributed by atoms with E-state index in [2.05, 4.69) is 5.32 Å². The van der Waals surface area contributed by atoms with Crippen LogP contribution < -0.4 is 5.32 Å². The maximum atomic E-state index is 12.8. The topological polar surface area (TPSA) is 92.8 Å². The zero-order chi connectivity index (χ0) is 20.1. The molecule has 0 radical (unpaired) electrons. The molecule has 0 aromatic heterocycles. The van der Waals surface area contributed by atoms with E-state index in [0.29, 0.717) is 25.9 Å². The number of hydrogen-bond acceptors (Lipinski definition) is 5. The van der Waals surface area contributed by atoms with Gasteiger partial charge in [-0.2, -0.15) is 4.31 Å². The van der Waals surface area contributed by atoms with Crippen LogP contribution in [0.1, 0.15) is 56.3 Å². The molecular weight excluding hydrogens is 368 g/mol. The number of carbonyl (C=O) groups is 2. The van der Waals surface area contributed by atoms with Crippen LogP contribution in [0.4, 0.5) is 0 Å². The predicted octanol–water partition coefficient (Wildman–Crippen LogP) is 2.32. The molecule has 1 fully saturated rings. The van der Waals surface area contributed by atoms with E-state index in [-0.39, 0.29) is 10.5 Å². The third kappa shape index (κ3) is 4.50. The van der Waals surface area contributed by atoms with Crippen molar-refractivity contribution in [2.45, 2.75) is 56.4 Å². The average Bonchev–Trinajstić information content (AvgIpc) is 2.68. The van der Waals surface area contributed by atoms with Crippen LogP contribution in [0.3, 0.4) is 0 Å². The molecule has 0 bridgehead atoms. The summed E-state index contributed by atoms with van der Waals surface area (Å²) in [5.74, 6) is -0.929. The first-order valence-corrected chi connectivity index (χ1v) is 10.8. The number of esters is 1. The molecule has 0 aliphatic heterocycles. The number of nitrogens with one attached hydrogen (secondary N) is 1. The fourth-order valence-corrected chi connectivity index (χ4v) is 5.04. The van der Waals surface area contributed by atoms with Crippen LogP contribution in [0.5, 0.6) is 0 Å². The summed E-state index contributed by atoms with van der Waals surface area (Å²) in [6.07, 6.45) is 3.69. The van der Waals surface area contributed by atoms with E-state index in [4.69, 9.17) is 4.74 Å². The van der Waals surface area contributed by atoms with Crippen molar-refractivity contribution >= 4 is 21.9 Å². The highest BCUT2D eigenvalue weighted by molar-refractivity contribution is 7.89. The SMILES string of the molecule is CCN(CC)S(=O)(=O)c1cccc(C(=O)NC2(C(=O)OC)CCCCC2)c1. The van der Waals surface area contributed by atoms with Crippen LogP contribution in [-0.2, 0) is 19.6 Å². The lowest BCUT2D eigenvalue weighted by molar-refractivity contribution is -0.149. The number of amides is 1. The Balaban J connectivity index is 2.30. The number of methoxy groups -OCH3 is 1. The number of rotatable bonds is 7. The first kappa shape index (κ1) is 21.4. The molecule has 0 spiro atoms. The molecule has 0 heterocycles. The highest BCUT2D eigenvalue weighted by Gasteiger charge is 2.42. The zero-order valence-corrected chi connectivity index (χ0v) is 17.0. The Hall–Kier alpha value is -1.93. The molecule has 1 aromatic carbocycles. The first-order valence-electron chi connectivity index (χ1n) is 9.32. The van der Waals surface area contributed by atoms with Gasteiger partial charge in [-0.05, 0) is 31.0 Å². The van der Waals surface area contributed by atoms with Crippen molar-refractivity contribution in [2.75, 3.05) is 20.2 Å². The number of nitrogens with zero attached hydrogens (tertiary/aromatic N) is 1. The third-order valence-electron chi connectivity index (χ3n) is 5.08. The van der Waals surface area contributed by atoms with Crippen molar-refractivity contribution < 1.29 is 22.7 Å². The van der Waals surface area contributed by atoms with E-state index in [0.717, 1.165) is 19.3 Å². The summed E-state index contributed by atoms with van der Waals surface area (Å²) in [5.41, 5.74) is -0.838. The fraction of sp³-hybridized carbons (Fsp3) is 0.579. The Bertz CT molecular complexity index is 781. The summed E-state index contributed by atoms with van der Waals surface area (Å²) in [4.78, 5) is 25.2. The highest BCUT2D eigenvalue weighted by atomic mass is 32.2. The van der Waals surface area contributed by atoms with E-state index in [9.17, 15) is 18.0 Å². The molecule has 2 rings (SSSR count). The van der Waals surface area contributed by atoms with Crippen molar-refractivity contribution in [1.29, 1.82) is 0 Å². The molecule has 0 unspecified atom stereocenters. The van der Waals surface area contributed by atoms with Gasteiger partial charge in [-0.3, -0.25) is 4.79 Å². The van der Waals surface area contributed by atoms with Crippen LogP contribution in [-0.4, -0.2) is 50.3 Å². The van der Waals surface area contributed by atoms with E-state index >= 15 is 0 Å². The van der Waals surface area contributed by atoms with Gasteiger partial charge in [-0.15, -0.1) is 0 Å². The van der Waals surface area contributed by atoms with Gasteiger partial charge in [0.15, 0.2) is 0 Å². The minimum Gasteiger partial charge on any atom is -0.467 e. The summed E-state index contributed by atoms with van der Waals surface area (Å²) < 4.78 is 31.6. The van der Waals surface area contributed by atoms with Crippen LogP contribution in [0.15, 0.2) is 29.2 Å². The number of benzene rings is 1. The molecule has 1 aliphatic carbocycles. The van der Waals surface area contributed by atoms with Crippen LogP contribution in [0, 0.1) is 0 Å². The minimum atomic E-state index is -3.66. The third-order valence-corrected chi connectivity index (χ3v) is 7.12. The standard InChI is InChI=1S/C19H28N2O5S/c1-4-21(5-2)27(24,25)16-11-9-10-15(14-16)17(22)20-19(18(23)26-3)12-7-6-8-13-19/h9-11,14H,4-8,12-13H2,1-3H3,(H,20,22). The van der Waals surface area contributed by atoms with Crippen molar-refractivity contribution in [3.63, 3.8) is 0 Å². The second-order valence-corrected chi connectivity index (χ2v) is 8.64. The molecule has 1 amide bonds. The normalized spacial score (nSPS) is 16.7. The summed E-state index contributed by atoms with van der Waals surface area (Å²) in [6.45, 7) is 4.23. The molecule has 0 atom stereocenters. The molecular formula is C19H28N2O5S. The Labute approximate surface area is 161 Å². The van der Waals surface area contributed by atoms with Gasteiger partial charge in [0.25, 0.3) is 5.91 Å². The van der Waals surface area contributed by atoms with Gasteiger partial charge >= 0.3 is 5.97 Å². The Morgan fingerprint density at radius 2 is 1.78 bits per heavy atom. The summed E-state index contributed by atoms with van der Waals surface area (Å²) in [7, 11) is -2.36. The average molecular weight is 397 g/mol. The van der Waals surface area contributed by atoms with Gasteiger partial charge in [0, 0.05) is 18.7 Å². The maximum Gasteiger partial charge on any atom is 0.331 e. The lowest BCUT2D eigenvalue weighted by atomic mass is 9.81. The van der Waals surface area contributed by atoms with E-state index in [1.807, 2.05) is 0 Å². The van der Waals surface area contributed by atoms with Gasteiger partial charge in [-0.1, -0.05) is 39.2 Å². The second-order valence-electron chi connectivity index (χ2n) is 6.71. The minimum absolute atomic E-state index is 0.0645. The van der Waals surface area contributed by atoms with Crippen molar-refractivity contribution in [2.24, 2.45) is 0 Å². The van der Waals surface area contributed by atoms with Gasteiger partial charge in [0.1, 0.15) is 5.54 Å². The van der Waals surface area contributed by atoms with Gasteiger partial charge in [-0.25, -0.2) is 13.2 Å². The van der Waals surface area contributed by atoms with E-state index in [1.54, 1.807) is 19.9 Å². The van der Waals surface area contributed by atoms with Gasteiger partial charge in [0.2, 0.25) is 10.0 Å². The Kier molecular flexibility index (Phi) is 7.00. The first-order chi connectivity index (χ1) is 12.8. The largest absolute Gasteiger partial charge is 0.467 e. The van der Waals surface area contributed by atoms with Crippen LogP contribution in [0.25, 0.3) is 0 Å². The molecule has 8 heteroatoms. The van der Waals surface area contributed by atoms with Crippen molar-refractivity contribution in [1.82, 2.24) is 9.62 Å². The summed E-state index contributed by atoms with van der Waals surface area (Å²) in [6, 6.07) is 5.92. The zero-order valence-electron chi connectivity index (χ0n) is 16.2. The lowest BCUT2D eigenvalue weighted by Crippen LogP contribution is -2.56. The molecule has 1 N–H and O–H groups in total.